The zero-order valence-corrected chi connectivity index (χ0v) is 15.7. The number of hydrogen-bond acceptors (Lipinski definition) is 3. The van der Waals surface area contributed by atoms with Crippen LogP contribution < -0.4 is 0 Å². The molecule has 0 aromatic carbocycles. The molecule has 23 heavy (non-hydrogen) atoms. The number of halogens is 3. The zero-order chi connectivity index (χ0) is 17.2. The summed E-state index contributed by atoms with van der Waals surface area (Å²) >= 11 is 18.2. The number of allylic oxidation sites excluding steroid dienone is 2. The molecule has 0 spiro atoms. The Hall–Kier alpha value is -0.0600. The van der Waals surface area contributed by atoms with E-state index >= 15 is 0 Å². The highest BCUT2D eigenvalue weighted by Crippen LogP contribution is 2.70. The van der Waals surface area contributed by atoms with Crippen molar-refractivity contribution in [3.63, 3.8) is 0 Å². The number of ketones is 1. The Morgan fingerprint density at radius 3 is 2.57 bits per heavy atom. The lowest BCUT2D eigenvalue weighted by Gasteiger charge is -2.29. The molecule has 2 fully saturated rings. The van der Waals surface area contributed by atoms with Gasteiger partial charge in [0.2, 0.25) is 3.79 Å². The minimum absolute atomic E-state index is 0.0156. The van der Waals surface area contributed by atoms with Crippen molar-refractivity contribution in [2.24, 2.45) is 17.3 Å². The van der Waals surface area contributed by atoms with Crippen molar-refractivity contribution in [3.05, 3.63) is 23.8 Å². The summed E-state index contributed by atoms with van der Waals surface area (Å²) in [6.07, 6.45) is 1.49. The molecule has 0 bridgehead atoms. The maximum Gasteiger partial charge on any atom is 0.216 e. The van der Waals surface area contributed by atoms with Crippen molar-refractivity contribution in [3.8, 4) is 0 Å². The minimum atomic E-state index is -1.47. The lowest BCUT2D eigenvalue weighted by Crippen LogP contribution is -2.35. The molecule has 1 saturated carbocycles. The van der Waals surface area contributed by atoms with Crippen molar-refractivity contribution < 1.29 is 14.3 Å². The van der Waals surface area contributed by atoms with Crippen LogP contribution in [0.4, 0.5) is 0 Å². The lowest BCUT2D eigenvalue weighted by molar-refractivity contribution is -0.181. The number of ether oxygens (including phenoxy) is 2. The first-order valence-corrected chi connectivity index (χ1v) is 8.93. The SMILES string of the molecule is C=CCC1=C(C)[C@H](O[C@H]2O[C@@H](C(Cl)(Cl)Cl)[C@H]3[C@@H]2C3(C)C)CC1=O. The van der Waals surface area contributed by atoms with E-state index in [4.69, 9.17) is 44.3 Å². The number of Topliss-reactive ketones (excluding diaryl/α,β-unsaturated/α-hetero) is 1. The normalized spacial score (nSPS) is 38.9. The molecule has 2 aliphatic carbocycles. The average molecular weight is 380 g/mol. The van der Waals surface area contributed by atoms with Gasteiger partial charge >= 0.3 is 0 Å². The smallest absolute Gasteiger partial charge is 0.216 e. The van der Waals surface area contributed by atoms with E-state index in [2.05, 4.69) is 20.4 Å². The maximum atomic E-state index is 12.1. The van der Waals surface area contributed by atoms with Gasteiger partial charge in [-0.2, -0.15) is 0 Å². The van der Waals surface area contributed by atoms with Gasteiger partial charge in [0.05, 0.1) is 6.10 Å². The fourth-order valence-electron chi connectivity index (χ4n) is 4.12. The van der Waals surface area contributed by atoms with Crippen LogP contribution in [0.1, 0.15) is 33.6 Å². The van der Waals surface area contributed by atoms with Gasteiger partial charge in [0, 0.05) is 23.8 Å². The Morgan fingerprint density at radius 2 is 2.04 bits per heavy atom. The van der Waals surface area contributed by atoms with Gasteiger partial charge in [0.25, 0.3) is 0 Å². The lowest BCUT2D eigenvalue weighted by atomic mass is 10.0. The van der Waals surface area contributed by atoms with E-state index in [0.29, 0.717) is 12.8 Å². The van der Waals surface area contributed by atoms with Gasteiger partial charge < -0.3 is 9.47 Å². The highest BCUT2D eigenvalue weighted by atomic mass is 35.6. The van der Waals surface area contributed by atoms with Crippen molar-refractivity contribution >= 4 is 40.6 Å². The van der Waals surface area contributed by atoms with Crippen LogP contribution in [-0.2, 0) is 14.3 Å². The fraction of sp³-hybridized carbons (Fsp3) is 0.706. The van der Waals surface area contributed by atoms with Crippen LogP contribution in [0, 0.1) is 17.3 Å². The Kier molecular flexibility index (Phi) is 4.43. The van der Waals surface area contributed by atoms with Crippen LogP contribution in [0.2, 0.25) is 0 Å². The molecular weight excluding hydrogens is 359 g/mol. The number of rotatable bonds is 4. The van der Waals surface area contributed by atoms with Crippen molar-refractivity contribution in [2.45, 2.75) is 55.9 Å². The Morgan fingerprint density at radius 1 is 1.39 bits per heavy atom. The maximum absolute atomic E-state index is 12.1. The third-order valence-corrected chi connectivity index (χ3v) is 6.18. The van der Waals surface area contributed by atoms with Gasteiger partial charge in [0.1, 0.15) is 6.10 Å². The molecule has 0 aromatic heterocycles. The molecule has 0 aromatic rings. The quantitative estimate of drug-likeness (QED) is 0.529. The zero-order valence-electron chi connectivity index (χ0n) is 13.4. The Balaban J connectivity index is 1.75. The second-order valence-corrected chi connectivity index (χ2v) is 9.61. The molecule has 0 N–H and O–H groups in total. The first-order chi connectivity index (χ1) is 10.6. The fourth-order valence-corrected chi connectivity index (χ4v) is 4.68. The van der Waals surface area contributed by atoms with Gasteiger partial charge in [-0.1, -0.05) is 54.7 Å². The van der Waals surface area contributed by atoms with E-state index in [-0.39, 0.29) is 29.1 Å². The highest BCUT2D eigenvalue weighted by Gasteiger charge is 2.73. The van der Waals surface area contributed by atoms with Crippen LogP contribution in [0.3, 0.4) is 0 Å². The Bertz CT molecular complexity index is 576. The summed E-state index contributed by atoms with van der Waals surface area (Å²) in [6, 6.07) is 0. The molecule has 1 saturated heterocycles. The summed E-state index contributed by atoms with van der Waals surface area (Å²) in [5.74, 6) is 0.471. The summed E-state index contributed by atoms with van der Waals surface area (Å²) in [6.45, 7) is 9.91. The molecule has 5 atom stereocenters. The van der Waals surface area contributed by atoms with E-state index in [1.165, 1.54) is 0 Å². The highest BCUT2D eigenvalue weighted by molar-refractivity contribution is 6.68. The molecule has 1 aliphatic heterocycles. The third-order valence-electron chi connectivity index (χ3n) is 5.53. The van der Waals surface area contributed by atoms with Crippen molar-refractivity contribution in [1.29, 1.82) is 0 Å². The molecule has 0 radical (unpaired) electrons. The first-order valence-electron chi connectivity index (χ1n) is 7.80. The summed E-state index contributed by atoms with van der Waals surface area (Å²) in [7, 11) is 0. The minimum Gasteiger partial charge on any atom is -0.344 e. The van der Waals surface area contributed by atoms with Crippen LogP contribution in [-0.4, -0.2) is 28.1 Å². The van der Waals surface area contributed by atoms with E-state index in [0.717, 1.165) is 11.1 Å². The third kappa shape index (κ3) is 2.89. The van der Waals surface area contributed by atoms with Crippen LogP contribution in [0.15, 0.2) is 23.8 Å². The van der Waals surface area contributed by atoms with Crippen molar-refractivity contribution in [2.75, 3.05) is 0 Å². The first kappa shape index (κ1) is 17.8. The van der Waals surface area contributed by atoms with Crippen molar-refractivity contribution in [1.82, 2.24) is 0 Å². The monoisotopic (exact) mass is 378 g/mol. The van der Waals surface area contributed by atoms with Gasteiger partial charge in [-0.15, -0.1) is 6.58 Å². The van der Waals surface area contributed by atoms with E-state index in [9.17, 15) is 4.79 Å². The van der Waals surface area contributed by atoms with Gasteiger partial charge in [0.15, 0.2) is 12.1 Å². The van der Waals surface area contributed by atoms with Crippen LogP contribution in [0.5, 0.6) is 0 Å². The summed E-state index contributed by atoms with van der Waals surface area (Å²) in [5, 5.41) is 0. The molecule has 3 nitrogen and oxygen atoms in total. The van der Waals surface area contributed by atoms with E-state index < -0.39 is 16.2 Å². The summed E-state index contributed by atoms with van der Waals surface area (Å²) < 4.78 is 10.6. The van der Waals surface area contributed by atoms with E-state index in [1.807, 2.05) is 6.92 Å². The Labute approximate surface area is 151 Å². The standard InChI is InChI=1S/C17H21Cl3O3/c1-5-6-9-8(2)11(7-10(9)21)22-15-13-12(16(13,3)4)14(23-15)17(18,19)20/h5,11-15H,1,6-7H2,2-4H3/t11-,12-,13+,14-,15+/m1/s1. The number of alkyl halides is 3. The summed E-state index contributed by atoms with van der Waals surface area (Å²) in [4.78, 5) is 12.1. The van der Waals surface area contributed by atoms with Crippen LogP contribution in [0.25, 0.3) is 0 Å². The second kappa shape index (κ2) is 5.74. The number of carbonyl (C=O) groups is 1. The number of hydrogen-bond donors (Lipinski definition) is 0. The van der Waals surface area contributed by atoms with Gasteiger partial charge in [-0.05, 0) is 24.3 Å². The molecule has 0 amide bonds. The average Bonchev–Trinajstić information content (AvgIpc) is 2.72. The van der Waals surface area contributed by atoms with Gasteiger partial charge in [-0.25, -0.2) is 0 Å². The number of fused-ring (bicyclic) bond motifs is 1. The van der Waals surface area contributed by atoms with E-state index in [1.54, 1.807) is 6.08 Å². The predicted molar refractivity (Wildman–Crippen MR) is 91.7 cm³/mol. The largest absolute Gasteiger partial charge is 0.344 e. The molecule has 3 rings (SSSR count). The van der Waals surface area contributed by atoms with Crippen LogP contribution >= 0.6 is 34.8 Å². The molecule has 0 unspecified atom stereocenters. The molecule has 6 heteroatoms. The van der Waals surface area contributed by atoms with Gasteiger partial charge in [-0.3, -0.25) is 4.79 Å². The molecular formula is C17H21Cl3O3. The molecule has 3 aliphatic rings. The molecule has 128 valence electrons. The molecule has 1 heterocycles. The predicted octanol–water partition coefficient (Wildman–Crippen LogP) is 4.60. The second-order valence-electron chi connectivity index (χ2n) is 7.25. The topological polar surface area (TPSA) is 35.5 Å². The summed E-state index contributed by atoms with van der Waals surface area (Å²) in [5.41, 5.74) is 1.78. The number of carbonyl (C=O) groups excluding carboxylic acids is 1.